The van der Waals surface area contributed by atoms with E-state index in [-0.39, 0.29) is 29.9 Å². The van der Waals surface area contributed by atoms with Gasteiger partial charge in [-0.05, 0) is 101 Å². The number of aliphatic carboxylic acids is 2. The minimum absolute atomic E-state index is 0.000627. The number of hydrogen-bond acceptors (Lipinski definition) is 7. The van der Waals surface area contributed by atoms with E-state index in [1.807, 2.05) is 12.1 Å². The van der Waals surface area contributed by atoms with E-state index in [1.54, 1.807) is 50.1 Å². The number of methoxy groups -OCH3 is 1. The van der Waals surface area contributed by atoms with Crippen LogP contribution in [0.5, 0.6) is 5.75 Å². The number of urea groups is 1. The van der Waals surface area contributed by atoms with E-state index in [0.29, 0.717) is 35.1 Å². The van der Waals surface area contributed by atoms with E-state index in [0.717, 1.165) is 38.2 Å². The Bertz CT molecular complexity index is 1420. The van der Waals surface area contributed by atoms with Gasteiger partial charge in [-0.1, -0.05) is 12.1 Å². The molecule has 0 spiro atoms. The summed E-state index contributed by atoms with van der Waals surface area (Å²) in [5.41, 5.74) is 7.87. The molecular weight excluding hydrogens is 566 g/mol. The van der Waals surface area contributed by atoms with Crippen molar-refractivity contribution >= 4 is 35.3 Å². The standard InChI is InChI=1S/C32H39N5O7/c1-20-27(30(39)40)19-28(31(41)42)21(2)37(20)25-11-9-24(10-12-25)33-32(43)35-34-29(38)8-5-15-36-16-13-22(14-17-36)23-6-4-7-26(18-23)44-3/h4,6-7,9-12,18,22H,5,8,13-17,19H2,1-3H3,(H,34,38)(H,39,40)(H,41,42)(H2,33,35,43). The van der Waals surface area contributed by atoms with Gasteiger partial charge in [-0.25, -0.2) is 19.8 Å². The third kappa shape index (κ3) is 7.95. The maximum absolute atomic E-state index is 12.3. The van der Waals surface area contributed by atoms with Crippen molar-refractivity contribution in [2.75, 3.05) is 37.0 Å². The topological polar surface area (TPSA) is 161 Å². The van der Waals surface area contributed by atoms with Crippen molar-refractivity contribution in [2.45, 2.75) is 51.9 Å². The summed E-state index contributed by atoms with van der Waals surface area (Å²) in [6, 6.07) is 14.1. The predicted molar refractivity (Wildman–Crippen MR) is 165 cm³/mol. The summed E-state index contributed by atoms with van der Waals surface area (Å²) in [5.74, 6) is -1.27. The van der Waals surface area contributed by atoms with Gasteiger partial charge in [0.15, 0.2) is 0 Å². The van der Waals surface area contributed by atoms with E-state index >= 15 is 0 Å². The number of nitrogens with zero attached hydrogens (tertiary/aromatic N) is 2. The molecule has 0 saturated carbocycles. The van der Waals surface area contributed by atoms with E-state index in [4.69, 9.17) is 4.74 Å². The van der Waals surface area contributed by atoms with Crippen LogP contribution in [0.1, 0.15) is 57.4 Å². The fourth-order valence-electron chi connectivity index (χ4n) is 5.70. The van der Waals surface area contributed by atoms with Crippen LogP contribution < -0.4 is 25.8 Å². The lowest BCUT2D eigenvalue weighted by molar-refractivity contribution is -0.133. The molecule has 5 N–H and O–H groups in total. The van der Waals surface area contributed by atoms with Gasteiger partial charge in [0.25, 0.3) is 0 Å². The molecule has 4 rings (SSSR count). The summed E-state index contributed by atoms with van der Waals surface area (Å²) in [7, 11) is 1.68. The fourth-order valence-corrected chi connectivity index (χ4v) is 5.70. The maximum atomic E-state index is 12.3. The first-order valence-electron chi connectivity index (χ1n) is 14.6. The first kappa shape index (κ1) is 32.1. The van der Waals surface area contributed by atoms with Crippen LogP contribution in [0.4, 0.5) is 16.2 Å². The Labute approximate surface area is 256 Å². The van der Waals surface area contributed by atoms with Gasteiger partial charge in [-0.15, -0.1) is 0 Å². The second kappa shape index (κ2) is 14.6. The van der Waals surface area contributed by atoms with E-state index in [9.17, 15) is 29.4 Å². The minimum Gasteiger partial charge on any atom is -0.497 e. The Morgan fingerprint density at radius 3 is 2.14 bits per heavy atom. The first-order valence-corrected chi connectivity index (χ1v) is 14.6. The number of carbonyl (C=O) groups is 4. The van der Waals surface area contributed by atoms with Crippen molar-refractivity contribution in [1.29, 1.82) is 0 Å². The molecule has 2 aliphatic heterocycles. The first-order chi connectivity index (χ1) is 21.1. The van der Waals surface area contributed by atoms with Gasteiger partial charge >= 0.3 is 18.0 Å². The Morgan fingerprint density at radius 1 is 0.909 bits per heavy atom. The molecule has 12 nitrogen and oxygen atoms in total. The summed E-state index contributed by atoms with van der Waals surface area (Å²) in [5, 5.41) is 21.8. The molecule has 0 aromatic heterocycles. The molecule has 0 bridgehead atoms. The molecule has 3 amide bonds. The monoisotopic (exact) mass is 605 g/mol. The van der Waals surface area contributed by atoms with Crippen LogP contribution in [0.3, 0.4) is 0 Å². The number of amides is 3. The minimum atomic E-state index is -1.18. The summed E-state index contributed by atoms with van der Waals surface area (Å²) >= 11 is 0. The molecule has 0 unspecified atom stereocenters. The van der Waals surface area contributed by atoms with Crippen LogP contribution in [0.25, 0.3) is 0 Å². The molecule has 1 fully saturated rings. The zero-order valence-electron chi connectivity index (χ0n) is 25.2. The molecular formula is C32H39N5O7. The normalized spacial score (nSPS) is 16.0. The number of likely N-dealkylation sites (tertiary alicyclic amines) is 1. The average Bonchev–Trinajstić information content (AvgIpc) is 3.01. The molecule has 12 heteroatoms. The molecule has 44 heavy (non-hydrogen) atoms. The van der Waals surface area contributed by atoms with Gasteiger partial charge < -0.3 is 30.1 Å². The van der Waals surface area contributed by atoms with Crippen LogP contribution >= 0.6 is 0 Å². The summed E-state index contributed by atoms with van der Waals surface area (Å²) in [6.07, 6.45) is 2.88. The molecule has 234 valence electrons. The van der Waals surface area contributed by atoms with Crippen LogP contribution in [-0.4, -0.2) is 65.7 Å². The number of hydrogen-bond donors (Lipinski definition) is 5. The number of carboxylic acid groups (broad SMARTS) is 2. The van der Waals surface area contributed by atoms with Gasteiger partial charge in [0.2, 0.25) is 5.91 Å². The maximum Gasteiger partial charge on any atom is 0.337 e. The van der Waals surface area contributed by atoms with Crippen LogP contribution in [-0.2, 0) is 14.4 Å². The third-order valence-corrected chi connectivity index (χ3v) is 8.14. The van der Waals surface area contributed by atoms with Gasteiger partial charge in [0, 0.05) is 35.6 Å². The van der Waals surface area contributed by atoms with Crippen molar-refractivity contribution in [2.24, 2.45) is 0 Å². The number of nitrogens with one attached hydrogen (secondary N) is 3. The summed E-state index contributed by atoms with van der Waals surface area (Å²) in [4.78, 5) is 52.0. The zero-order valence-corrected chi connectivity index (χ0v) is 25.2. The lowest BCUT2D eigenvalue weighted by Gasteiger charge is -2.33. The second-order valence-electron chi connectivity index (χ2n) is 10.9. The summed E-state index contributed by atoms with van der Waals surface area (Å²) < 4.78 is 5.34. The molecule has 1 saturated heterocycles. The predicted octanol–water partition coefficient (Wildman–Crippen LogP) is 4.44. The molecule has 2 aromatic carbocycles. The van der Waals surface area contributed by atoms with Gasteiger partial charge in [-0.2, -0.15) is 0 Å². The number of rotatable bonds is 10. The van der Waals surface area contributed by atoms with Gasteiger partial charge in [0.1, 0.15) is 5.75 Å². The molecule has 2 aliphatic rings. The highest BCUT2D eigenvalue weighted by atomic mass is 16.5. The summed E-state index contributed by atoms with van der Waals surface area (Å²) in [6.45, 7) is 5.99. The number of carboxylic acids is 2. The molecule has 0 atom stereocenters. The fraction of sp³-hybridized carbons (Fsp3) is 0.375. The quantitative estimate of drug-likeness (QED) is 0.247. The molecule has 2 aromatic rings. The number of hydrazine groups is 1. The van der Waals surface area contributed by atoms with Crippen molar-refractivity contribution in [3.05, 3.63) is 76.6 Å². The highest BCUT2D eigenvalue weighted by Crippen LogP contribution is 2.35. The van der Waals surface area contributed by atoms with Crippen molar-refractivity contribution in [3.63, 3.8) is 0 Å². The molecule has 0 radical (unpaired) electrons. The van der Waals surface area contributed by atoms with Crippen LogP contribution in [0.15, 0.2) is 71.1 Å². The van der Waals surface area contributed by atoms with Crippen molar-refractivity contribution in [3.8, 4) is 5.75 Å². The number of ether oxygens (including phenoxy) is 1. The van der Waals surface area contributed by atoms with E-state index in [1.165, 1.54) is 5.56 Å². The van der Waals surface area contributed by atoms with E-state index < -0.39 is 18.0 Å². The smallest absolute Gasteiger partial charge is 0.337 e. The Morgan fingerprint density at radius 2 is 1.55 bits per heavy atom. The number of anilines is 2. The Kier molecular flexibility index (Phi) is 10.6. The van der Waals surface area contributed by atoms with E-state index in [2.05, 4.69) is 33.2 Å². The highest BCUT2D eigenvalue weighted by Gasteiger charge is 2.30. The third-order valence-electron chi connectivity index (χ3n) is 8.14. The number of carbonyl (C=O) groups excluding carboxylic acids is 2. The zero-order chi connectivity index (χ0) is 31.8. The second-order valence-corrected chi connectivity index (χ2v) is 10.9. The number of allylic oxidation sites excluding steroid dienone is 2. The lowest BCUT2D eigenvalue weighted by atomic mass is 9.89. The Balaban J connectivity index is 1.19. The highest BCUT2D eigenvalue weighted by molar-refractivity contribution is 5.97. The SMILES string of the molecule is COc1cccc(C2CCN(CCCC(=O)NNC(=O)Nc3ccc(N4C(C)=C(C(=O)O)CC(C(=O)O)=C4C)cc3)CC2)c1. The van der Waals surface area contributed by atoms with Gasteiger partial charge in [-0.3, -0.25) is 10.2 Å². The van der Waals surface area contributed by atoms with Crippen LogP contribution in [0, 0.1) is 0 Å². The van der Waals surface area contributed by atoms with Crippen molar-refractivity contribution < 1.29 is 34.1 Å². The molecule has 2 heterocycles. The number of benzene rings is 2. The van der Waals surface area contributed by atoms with Crippen LogP contribution in [0.2, 0.25) is 0 Å². The van der Waals surface area contributed by atoms with Gasteiger partial charge in [0.05, 0.1) is 18.3 Å². The Hall–Kier alpha value is -4.84. The number of piperidine rings is 1. The lowest BCUT2D eigenvalue weighted by Crippen LogP contribution is -2.44. The van der Waals surface area contributed by atoms with Crippen molar-refractivity contribution in [1.82, 2.24) is 15.8 Å². The average molecular weight is 606 g/mol. The molecule has 0 aliphatic carbocycles. The largest absolute Gasteiger partial charge is 0.497 e.